The van der Waals surface area contributed by atoms with Gasteiger partial charge in [0.1, 0.15) is 11.5 Å². The molecular formula is C25H30N8O2S. The molecule has 11 heteroatoms. The zero-order chi connectivity index (χ0) is 25.3. The normalized spacial score (nSPS) is 16.3. The van der Waals surface area contributed by atoms with E-state index < -0.39 is 10.0 Å². The van der Waals surface area contributed by atoms with E-state index in [4.69, 9.17) is 10.7 Å². The summed E-state index contributed by atoms with van der Waals surface area (Å²) < 4.78 is 27.3. The summed E-state index contributed by atoms with van der Waals surface area (Å²) in [5.41, 5.74) is 9.69. The largest absolute Gasteiger partial charge is 0.370 e. The van der Waals surface area contributed by atoms with Gasteiger partial charge >= 0.3 is 0 Å². The molecule has 0 amide bonds. The maximum atomic E-state index is 12.1. The van der Waals surface area contributed by atoms with Crippen LogP contribution in [0.15, 0.2) is 61.1 Å². The van der Waals surface area contributed by atoms with Gasteiger partial charge in [-0.1, -0.05) is 6.07 Å². The highest BCUT2D eigenvalue weighted by molar-refractivity contribution is 7.92. The molecule has 0 bridgehead atoms. The van der Waals surface area contributed by atoms with E-state index in [0.29, 0.717) is 18.3 Å². The van der Waals surface area contributed by atoms with Crippen LogP contribution in [-0.4, -0.2) is 60.4 Å². The van der Waals surface area contributed by atoms with Gasteiger partial charge in [0.15, 0.2) is 0 Å². The van der Waals surface area contributed by atoms with E-state index >= 15 is 0 Å². The second kappa shape index (κ2) is 9.75. The van der Waals surface area contributed by atoms with E-state index in [1.165, 1.54) is 11.4 Å². The van der Waals surface area contributed by atoms with Crippen LogP contribution in [0.5, 0.6) is 0 Å². The molecule has 1 aromatic carbocycles. The van der Waals surface area contributed by atoms with E-state index in [1.54, 1.807) is 18.5 Å². The average Bonchev–Trinajstić information content (AvgIpc) is 3.26. The van der Waals surface area contributed by atoms with E-state index in [1.807, 2.05) is 35.0 Å². The fourth-order valence-electron chi connectivity index (χ4n) is 4.47. The van der Waals surface area contributed by atoms with Crippen molar-refractivity contribution in [3.8, 4) is 0 Å². The van der Waals surface area contributed by atoms with Crippen LogP contribution in [0.3, 0.4) is 0 Å². The molecule has 0 saturated carbocycles. The maximum Gasteiger partial charge on any atom is 0.233 e. The maximum absolute atomic E-state index is 12.1. The summed E-state index contributed by atoms with van der Waals surface area (Å²) in [6.45, 7) is 2.31. The van der Waals surface area contributed by atoms with Gasteiger partial charge in [-0.05, 0) is 49.2 Å². The van der Waals surface area contributed by atoms with Crippen LogP contribution in [0.2, 0.25) is 0 Å². The van der Waals surface area contributed by atoms with Crippen molar-refractivity contribution in [1.29, 1.82) is 0 Å². The first-order valence-electron chi connectivity index (χ1n) is 11.9. The minimum Gasteiger partial charge on any atom is -0.370 e. The molecule has 3 N–H and O–H groups in total. The molecular weight excluding hydrogens is 476 g/mol. The Morgan fingerprint density at radius 1 is 1.17 bits per heavy atom. The third-order valence-corrected chi connectivity index (χ3v) is 7.62. The van der Waals surface area contributed by atoms with Crippen LogP contribution in [0.1, 0.15) is 18.4 Å². The first kappa shape index (κ1) is 24.0. The van der Waals surface area contributed by atoms with Gasteiger partial charge in [-0.15, -0.1) is 0 Å². The Kier molecular flexibility index (Phi) is 6.50. The van der Waals surface area contributed by atoms with Gasteiger partial charge in [0, 0.05) is 67.1 Å². The number of rotatable bonds is 7. The number of hydrogen-bond acceptors (Lipinski definition) is 8. The van der Waals surface area contributed by atoms with Crippen molar-refractivity contribution in [3.63, 3.8) is 0 Å². The van der Waals surface area contributed by atoms with Gasteiger partial charge in [0.2, 0.25) is 16.0 Å². The summed E-state index contributed by atoms with van der Waals surface area (Å²) in [7, 11) is -1.93. The lowest BCUT2D eigenvalue weighted by Crippen LogP contribution is -2.42. The number of pyridine rings is 1. The minimum absolute atomic E-state index is 0.224. The Morgan fingerprint density at radius 3 is 2.72 bits per heavy atom. The molecule has 1 saturated heterocycles. The summed E-state index contributed by atoms with van der Waals surface area (Å²) >= 11 is 0. The SMILES string of the molecule is CN(c1ncccc1Cn1ccc2cnc(Nc3ccc(N4CCCC(N)C4)cc3)nc21)S(C)(=O)=O. The fourth-order valence-corrected chi connectivity index (χ4v) is 4.94. The van der Waals surface area contributed by atoms with Crippen molar-refractivity contribution in [2.45, 2.75) is 25.4 Å². The molecule has 1 aliphatic heterocycles. The zero-order valence-electron chi connectivity index (χ0n) is 20.4. The van der Waals surface area contributed by atoms with Crippen molar-refractivity contribution in [2.24, 2.45) is 5.73 Å². The molecule has 188 valence electrons. The summed E-state index contributed by atoms with van der Waals surface area (Å²) in [6.07, 6.45) is 8.63. The van der Waals surface area contributed by atoms with Crippen LogP contribution in [0.4, 0.5) is 23.1 Å². The Bertz CT molecular complexity index is 1470. The highest BCUT2D eigenvalue weighted by Gasteiger charge is 2.19. The standard InChI is InChI=1S/C25H30N8O2S/c1-31(36(2,34)35)23-19(5-3-12-27-23)16-33-14-11-18-15-28-25(30-24(18)33)29-21-7-9-22(10-8-21)32-13-4-6-20(26)17-32/h3,5,7-12,14-15,20H,4,6,13,16-17,26H2,1-2H3,(H,28,29,30). The molecule has 1 fully saturated rings. The monoisotopic (exact) mass is 506 g/mol. The average molecular weight is 507 g/mol. The van der Waals surface area contributed by atoms with Crippen LogP contribution in [0, 0.1) is 0 Å². The molecule has 1 atom stereocenters. The van der Waals surface area contributed by atoms with Gasteiger partial charge in [-0.3, -0.25) is 4.31 Å². The number of aromatic nitrogens is 4. The predicted octanol–water partition coefficient (Wildman–Crippen LogP) is 2.94. The zero-order valence-corrected chi connectivity index (χ0v) is 21.2. The number of fused-ring (bicyclic) bond motifs is 1. The van der Waals surface area contributed by atoms with Crippen molar-refractivity contribution in [2.75, 3.05) is 40.9 Å². The number of sulfonamides is 1. The molecule has 1 unspecified atom stereocenters. The molecule has 4 aromatic rings. The first-order chi connectivity index (χ1) is 17.3. The Labute approximate surface area is 210 Å². The molecule has 4 heterocycles. The van der Waals surface area contributed by atoms with Crippen molar-refractivity contribution in [1.82, 2.24) is 19.5 Å². The lowest BCUT2D eigenvalue weighted by molar-refractivity contribution is 0.506. The summed E-state index contributed by atoms with van der Waals surface area (Å²) in [5, 5.41) is 4.17. The molecule has 36 heavy (non-hydrogen) atoms. The Hall–Kier alpha value is -3.70. The predicted molar refractivity (Wildman–Crippen MR) is 143 cm³/mol. The third-order valence-electron chi connectivity index (χ3n) is 6.45. The Morgan fingerprint density at radius 2 is 1.97 bits per heavy atom. The fraction of sp³-hybridized carbons (Fsp3) is 0.320. The number of nitrogens with zero attached hydrogens (tertiary/aromatic N) is 6. The van der Waals surface area contributed by atoms with E-state index in [2.05, 4.69) is 32.3 Å². The van der Waals surface area contributed by atoms with Crippen LogP contribution in [0.25, 0.3) is 11.0 Å². The van der Waals surface area contributed by atoms with Crippen LogP contribution >= 0.6 is 0 Å². The number of piperidine rings is 1. The number of anilines is 4. The first-order valence-corrected chi connectivity index (χ1v) is 13.7. The lowest BCUT2D eigenvalue weighted by atomic mass is 10.1. The molecule has 3 aromatic heterocycles. The second-order valence-electron chi connectivity index (χ2n) is 9.15. The summed E-state index contributed by atoms with van der Waals surface area (Å²) in [4.78, 5) is 15.8. The molecule has 10 nitrogen and oxygen atoms in total. The van der Waals surface area contributed by atoms with Crippen LogP contribution in [-0.2, 0) is 16.6 Å². The summed E-state index contributed by atoms with van der Waals surface area (Å²) in [6, 6.07) is 14.0. The van der Waals surface area contributed by atoms with E-state index in [-0.39, 0.29) is 6.04 Å². The molecule has 5 rings (SSSR count). The smallest absolute Gasteiger partial charge is 0.233 e. The van der Waals surface area contributed by atoms with Gasteiger partial charge in [-0.2, -0.15) is 4.98 Å². The number of benzene rings is 1. The van der Waals surface area contributed by atoms with Crippen molar-refractivity contribution < 1.29 is 8.42 Å². The number of nitrogens with one attached hydrogen (secondary N) is 1. The van der Waals surface area contributed by atoms with Crippen LogP contribution < -0.4 is 20.3 Å². The number of hydrogen-bond donors (Lipinski definition) is 2. The quantitative estimate of drug-likeness (QED) is 0.392. The Balaban J connectivity index is 1.36. The van der Waals surface area contributed by atoms with Gasteiger partial charge < -0.3 is 20.5 Å². The van der Waals surface area contributed by atoms with Gasteiger partial charge in [-0.25, -0.2) is 18.4 Å². The molecule has 0 spiro atoms. The highest BCUT2D eigenvalue weighted by atomic mass is 32.2. The van der Waals surface area contributed by atoms with E-state index in [9.17, 15) is 8.42 Å². The van der Waals surface area contributed by atoms with Crippen molar-refractivity contribution in [3.05, 3.63) is 66.6 Å². The topological polar surface area (TPSA) is 122 Å². The van der Waals surface area contributed by atoms with Gasteiger partial charge in [0.05, 0.1) is 12.8 Å². The molecule has 0 aliphatic carbocycles. The minimum atomic E-state index is -3.44. The molecule has 1 aliphatic rings. The lowest BCUT2D eigenvalue weighted by Gasteiger charge is -2.32. The third kappa shape index (κ3) is 5.12. The van der Waals surface area contributed by atoms with Gasteiger partial charge in [0.25, 0.3) is 0 Å². The van der Waals surface area contributed by atoms with Crippen molar-refractivity contribution >= 4 is 44.2 Å². The number of nitrogens with two attached hydrogens (primary N) is 1. The van der Waals surface area contributed by atoms with E-state index in [0.717, 1.165) is 60.2 Å². The highest BCUT2D eigenvalue weighted by Crippen LogP contribution is 2.25. The second-order valence-corrected chi connectivity index (χ2v) is 11.2. The molecule has 0 radical (unpaired) electrons. The summed E-state index contributed by atoms with van der Waals surface area (Å²) in [5.74, 6) is 0.874.